The van der Waals surface area contributed by atoms with Crippen molar-refractivity contribution in [3.8, 4) is 11.5 Å². The molecule has 1 aliphatic heterocycles. The van der Waals surface area contributed by atoms with E-state index in [2.05, 4.69) is 83.3 Å². The van der Waals surface area contributed by atoms with Crippen LogP contribution in [-0.2, 0) is 6.54 Å². The van der Waals surface area contributed by atoms with Crippen molar-refractivity contribution in [2.45, 2.75) is 6.54 Å². The summed E-state index contributed by atoms with van der Waals surface area (Å²) in [5, 5.41) is 4.28. The third-order valence-electron chi connectivity index (χ3n) is 9.04. The number of amidine groups is 2. The number of fused-ring (bicyclic) bond motifs is 9. The van der Waals surface area contributed by atoms with E-state index in [9.17, 15) is 0 Å². The first-order chi connectivity index (χ1) is 24.8. The minimum atomic E-state index is 0.433. The molecule has 0 unspecified atom stereocenters. The molecule has 0 atom stereocenters. The van der Waals surface area contributed by atoms with E-state index in [-0.39, 0.29) is 0 Å². The summed E-state index contributed by atoms with van der Waals surface area (Å²) in [5.74, 6) is 2.67. The summed E-state index contributed by atoms with van der Waals surface area (Å²) in [7, 11) is 0. The van der Waals surface area contributed by atoms with Gasteiger partial charge in [-0.1, -0.05) is 127 Å². The summed E-state index contributed by atoms with van der Waals surface area (Å²) in [5.41, 5.74) is 7.26. The van der Waals surface area contributed by atoms with Crippen LogP contribution in [0.1, 0.15) is 16.7 Å². The van der Waals surface area contributed by atoms with E-state index in [1.165, 1.54) is 0 Å². The zero-order valence-electron chi connectivity index (χ0n) is 27.0. The first kappa shape index (κ1) is 29.4. The van der Waals surface area contributed by atoms with Crippen LogP contribution in [0.3, 0.4) is 0 Å². The minimum Gasteiger partial charge on any atom is -0.454 e. The van der Waals surface area contributed by atoms with Gasteiger partial charge in [0.15, 0.2) is 28.8 Å². The largest absolute Gasteiger partial charge is 0.454 e. The van der Waals surface area contributed by atoms with Gasteiger partial charge in [0.05, 0.1) is 12.2 Å². The van der Waals surface area contributed by atoms with Crippen LogP contribution < -0.4 is 9.64 Å². The molecule has 0 saturated carbocycles. The van der Waals surface area contributed by atoms with Gasteiger partial charge in [0.1, 0.15) is 11.3 Å². The lowest BCUT2D eigenvalue weighted by Crippen LogP contribution is -2.16. The zero-order valence-corrected chi connectivity index (χ0v) is 27.0. The van der Waals surface area contributed by atoms with Gasteiger partial charge in [0.2, 0.25) is 0 Å². The maximum Gasteiger partial charge on any atom is 0.163 e. The second-order valence-corrected chi connectivity index (χ2v) is 12.1. The fourth-order valence-electron chi connectivity index (χ4n) is 6.72. The Balaban J connectivity index is 1.15. The molecule has 238 valence electrons. The van der Waals surface area contributed by atoms with E-state index in [0.29, 0.717) is 18.2 Å². The average Bonchev–Trinajstić information content (AvgIpc) is 3.58. The number of rotatable bonds is 5. The van der Waals surface area contributed by atoms with Gasteiger partial charge in [-0.15, -0.1) is 0 Å². The molecule has 6 nitrogen and oxygen atoms in total. The van der Waals surface area contributed by atoms with Gasteiger partial charge >= 0.3 is 0 Å². The molecule has 9 rings (SSSR count). The third kappa shape index (κ3) is 5.02. The second-order valence-electron chi connectivity index (χ2n) is 12.1. The Labute approximate surface area is 289 Å². The van der Waals surface area contributed by atoms with Crippen molar-refractivity contribution in [2.24, 2.45) is 15.0 Å². The van der Waals surface area contributed by atoms with Crippen molar-refractivity contribution in [1.29, 1.82) is 0 Å². The van der Waals surface area contributed by atoms with E-state index in [4.69, 9.17) is 19.1 Å². The van der Waals surface area contributed by atoms with Gasteiger partial charge in [-0.2, -0.15) is 0 Å². The van der Waals surface area contributed by atoms with Crippen molar-refractivity contribution in [3.05, 3.63) is 174 Å². The molecular weight excluding hydrogens is 617 g/mol. The van der Waals surface area contributed by atoms with Gasteiger partial charge in [-0.25, -0.2) is 9.98 Å². The molecule has 0 amide bonds. The van der Waals surface area contributed by atoms with E-state index in [0.717, 1.165) is 78.0 Å². The van der Waals surface area contributed by atoms with Crippen LogP contribution in [0.25, 0.3) is 32.7 Å². The highest BCUT2D eigenvalue weighted by atomic mass is 16.5. The van der Waals surface area contributed by atoms with Crippen molar-refractivity contribution in [1.82, 2.24) is 0 Å². The van der Waals surface area contributed by atoms with Crippen molar-refractivity contribution in [2.75, 3.05) is 4.90 Å². The molecule has 1 aliphatic rings. The Morgan fingerprint density at radius 2 is 1.22 bits per heavy atom. The number of benzene rings is 7. The molecular formula is C44H30N4O2. The van der Waals surface area contributed by atoms with Crippen LogP contribution in [0.2, 0.25) is 0 Å². The first-order valence-electron chi connectivity index (χ1n) is 16.5. The average molecular weight is 647 g/mol. The molecule has 0 radical (unpaired) electrons. The smallest absolute Gasteiger partial charge is 0.163 e. The summed E-state index contributed by atoms with van der Waals surface area (Å²) in [6.45, 7) is 4.21. The molecule has 7 aromatic carbocycles. The number of nitrogens with zero attached hydrogens (tertiary/aromatic N) is 4. The van der Waals surface area contributed by atoms with Crippen LogP contribution in [0.15, 0.2) is 177 Å². The predicted molar refractivity (Wildman–Crippen MR) is 205 cm³/mol. The molecule has 50 heavy (non-hydrogen) atoms. The number of anilines is 3. The van der Waals surface area contributed by atoms with Crippen molar-refractivity contribution >= 4 is 68.2 Å². The fraction of sp³-hybridized carbons (Fsp3) is 0.0227. The number of hydrogen-bond donors (Lipinski definition) is 0. The molecule has 0 bridgehead atoms. The van der Waals surface area contributed by atoms with Crippen LogP contribution >= 0.6 is 0 Å². The van der Waals surface area contributed by atoms with Gasteiger partial charge in [0.25, 0.3) is 0 Å². The lowest BCUT2D eigenvalue weighted by molar-refractivity contribution is 0.482. The Bertz CT molecular complexity index is 2610. The number of para-hydroxylation sites is 3. The number of aliphatic imine (C=N–C) groups is 3. The third-order valence-corrected chi connectivity index (χ3v) is 9.04. The van der Waals surface area contributed by atoms with Gasteiger partial charge < -0.3 is 14.1 Å². The number of furan rings is 1. The Kier molecular flexibility index (Phi) is 7.25. The lowest BCUT2D eigenvalue weighted by atomic mass is 9.99. The first-order valence-corrected chi connectivity index (χ1v) is 16.5. The van der Waals surface area contributed by atoms with Crippen molar-refractivity contribution in [3.63, 3.8) is 0 Å². The molecule has 0 saturated heterocycles. The second kappa shape index (κ2) is 12.3. The molecule has 1 aromatic heterocycles. The standard InChI is InChI=1S/C44H30N4O2/c1-45-43(30-14-4-2-5-15-30)47-44(31-16-6-3-7-17-31)46-28-29-24-26-32(27-25-29)48-36-21-11-13-23-38(36)50-41-34-19-9-8-18-33(34)39-35-20-10-12-22-37(35)49-42(39)40(41)48/h2-27H,1,28H2. The highest BCUT2D eigenvalue weighted by Crippen LogP contribution is 2.57. The molecule has 0 fully saturated rings. The van der Waals surface area contributed by atoms with Gasteiger partial charge in [0, 0.05) is 33.0 Å². The summed E-state index contributed by atoms with van der Waals surface area (Å²) in [6.07, 6.45) is 0. The molecule has 8 aromatic rings. The zero-order chi connectivity index (χ0) is 33.4. The Morgan fingerprint density at radius 1 is 0.600 bits per heavy atom. The maximum absolute atomic E-state index is 6.71. The molecule has 0 aliphatic carbocycles. The number of ether oxygens (including phenoxy) is 1. The highest BCUT2D eigenvalue weighted by molar-refractivity contribution is 6.26. The van der Waals surface area contributed by atoms with Crippen LogP contribution in [0.4, 0.5) is 17.1 Å². The Hall–Kier alpha value is -6.79. The number of hydrogen-bond acceptors (Lipinski definition) is 4. The van der Waals surface area contributed by atoms with Crippen LogP contribution in [0.5, 0.6) is 11.5 Å². The molecule has 0 N–H and O–H groups in total. The SMILES string of the molecule is C=NC(=NC(=NCc1ccc(N2c3ccccc3Oc3c2c2oc4ccccc4c2c2ccccc32)cc1)c1ccccc1)c1ccccc1. The van der Waals surface area contributed by atoms with Crippen LogP contribution in [0, 0.1) is 0 Å². The summed E-state index contributed by atoms with van der Waals surface area (Å²) in [4.78, 5) is 16.3. The predicted octanol–water partition coefficient (Wildman–Crippen LogP) is 11.4. The Morgan fingerprint density at radius 3 is 1.96 bits per heavy atom. The summed E-state index contributed by atoms with van der Waals surface area (Å²) >= 11 is 0. The lowest BCUT2D eigenvalue weighted by Gasteiger charge is -2.33. The normalized spacial score (nSPS) is 12.9. The van der Waals surface area contributed by atoms with E-state index in [1.54, 1.807) is 0 Å². The van der Waals surface area contributed by atoms with Gasteiger partial charge in [-0.3, -0.25) is 4.99 Å². The summed E-state index contributed by atoms with van der Waals surface area (Å²) in [6, 6.07) is 53.0. The summed E-state index contributed by atoms with van der Waals surface area (Å²) < 4.78 is 13.4. The van der Waals surface area contributed by atoms with E-state index in [1.807, 2.05) is 91.0 Å². The van der Waals surface area contributed by atoms with Crippen LogP contribution in [-0.4, -0.2) is 18.4 Å². The quantitative estimate of drug-likeness (QED) is 0.138. The van der Waals surface area contributed by atoms with Crippen molar-refractivity contribution < 1.29 is 9.15 Å². The van der Waals surface area contributed by atoms with Gasteiger partial charge in [-0.05, 0) is 48.0 Å². The topological polar surface area (TPSA) is 62.7 Å². The monoisotopic (exact) mass is 646 g/mol. The molecule has 6 heteroatoms. The minimum absolute atomic E-state index is 0.433. The highest BCUT2D eigenvalue weighted by Gasteiger charge is 2.32. The molecule has 0 spiro atoms. The molecule has 2 heterocycles. The van der Waals surface area contributed by atoms with E-state index < -0.39 is 0 Å². The maximum atomic E-state index is 6.71. The fourth-order valence-corrected chi connectivity index (χ4v) is 6.72. The van der Waals surface area contributed by atoms with E-state index >= 15 is 0 Å².